The Morgan fingerprint density at radius 3 is 2.50 bits per heavy atom. The number of hydrogen-bond donors (Lipinski definition) is 3. The second kappa shape index (κ2) is 7.21. The maximum atomic E-state index is 12.7. The van der Waals surface area contributed by atoms with Gasteiger partial charge in [0, 0.05) is 18.3 Å². The van der Waals surface area contributed by atoms with Crippen molar-refractivity contribution in [3.8, 4) is 0 Å². The Bertz CT molecular complexity index is 627. The molecule has 3 N–H and O–H groups in total. The largest absolute Gasteiger partial charge is 0.416 e. The summed E-state index contributed by atoms with van der Waals surface area (Å²) in [5.74, 6) is -1.71. The molecule has 1 aliphatic rings. The number of alkyl halides is 3. The maximum Gasteiger partial charge on any atom is 0.416 e. The molecule has 1 fully saturated rings. The fourth-order valence-electron chi connectivity index (χ4n) is 2.41. The lowest BCUT2D eigenvalue weighted by Crippen LogP contribution is -2.43. The van der Waals surface area contributed by atoms with Crippen LogP contribution in [-0.4, -0.2) is 29.6 Å². The van der Waals surface area contributed by atoms with Gasteiger partial charge in [-0.3, -0.25) is 9.59 Å². The lowest BCUT2D eigenvalue weighted by molar-refractivity contribution is -0.137. The fourth-order valence-corrected chi connectivity index (χ4v) is 2.41. The summed E-state index contributed by atoms with van der Waals surface area (Å²) in [4.78, 5) is 23.9. The molecule has 1 aromatic rings. The standard InChI is InChI=1S/C16H19F3N2O3/c1-9-2-5-11(16(17,18)19)8-13(9)21-15(24)14(23)20-12(6-7-22)10-3-4-10/h2,5,8,10,12,22H,3-4,6-7H2,1H3,(H,20,23)(H,21,24). The lowest BCUT2D eigenvalue weighted by Gasteiger charge is -2.17. The molecule has 1 atom stereocenters. The van der Waals surface area contributed by atoms with E-state index in [4.69, 9.17) is 5.11 Å². The van der Waals surface area contributed by atoms with Crippen LogP contribution in [0.3, 0.4) is 0 Å². The molecule has 1 aromatic carbocycles. The van der Waals surface area contributed by atoms with E-state index >= 15 is 0 Å². The van der Waals surface area contributed by atoms with Crippen molar-refractivity contribution in [1.82, 2.24) is 5.32 Å². The van der Waals surface area contributed by atoms with Crippen molar-refractivity contribution in [3.05, 3.63) is 29.3 Å². The van der Waals surface area contributed by atoms with Crippen molar-refractivity contribution in [2.24, 2.45) is 5.92 Å². The molecule has 1 aliphatic carbocycles. The highest BCUT2D eigenvalue weighted by molar-refractivity contribution is 6.39. The Hall–Kier alpha value is -2.09. The van der Waals surface area contributed by atoms with Gasteiger partial charge in [0.25, 0.3) is 0 Å². The zero-order chi connectivity index (χ0) is 17.9. The molecule has 0 aromatic heterocycles. The minimum atomic E-state index is -4.53. The molecule has 2 rings (SSSR count). The zero-order valence-electron chi connectivity index (χ0n) is 13.1. The number of halogens is 3. The van der Waals surface area contributed by atoms with Crippen LogP contribution in [0.5, 0.6) is 0 Å². The minimum absolute atomic E-state index is 0.0601. The van der Waals surface area contributed by atoms with Gasteiger partial charge in [0.2, 0.25) is 0 Å². The number of anilines is 1. The van der Waals surface area contributed by atoms with Gasteiger partial charge < -0.3 is 15.7 Å². The monoisotopic (exact) mass is 344 g/mol. The number of aliphatic hydroxyl groups excluding tert-OH is 1. The van der Waals surface area contributed by atoms with E-state index in [-0.39, 0.29) is 24.3 Å². The number of aryl methyl sites for hydroxylation is 1. The third-order valence-corrected chi connectivity index (χ3v) is 3.97. The third kappa shape index (κ3) is 4.70. The Morgan fingerprint density at radius 2 is 1.96 bits per heavy atom. The molecule has 1 saturated carbocycles. The highest BCUT2D eigenvalue weighted by atomic mass is 19.4. The van der Waals surface area contributed by atoms with E-state index in [0.717, 1.165) is 25.0 Å². The molecule has 0 radical (unpaired) electrons. The summed E-state index contributed by atoms with van der Waals surface area (Å²) in [6.07, 6.45) is -2.36. The molecule has 0 heterocycles. The molecular weight excluding hydrogens is 325 g/mol. The fraction of sp³-hybridized carbons (Fsp3) is 0.500. The molecular formula is C16H19F3N2O3. The Morgan fingerprint density at radius 1 is 1.29 bits per heavy atom. The number of amides is 2. The van der Waals surface area contributed by atoms with Crippen molar-refractivity contribution < 1.29 is 27.9 Å². The van der Waals surface area contributed by atoms with Crippen LogP contribution in [0, 0.1) is 12.8 Å². The Kier molecular flexibility index (Phi) is 5.48. The SMILES string of the molecule is Cc1ccc(C(F)(F)F)cc1NC(=O)C(=O)NC(CCO)C1CC1. The zero-order valence-corrected chi connectivity index (χ0v) is 13.1. The average molecular weight is 344 g/mol. The summed E-state index contributed by atoms with van der Waals surface area (Å²) in [6.45, 7) is 1.42. The smallest absolute Gasteiger partial charge is 0.396 e. The topological polar surface area (TPSA) is 78.4 Å². The number of aliphatic hydroxyl groups is 1. The van der Waals surface area contributed by atoms with Crippen molar-refractivity contribution in [3.63, 3.8) is 0 Å². The first kappa shape index (κ1) is 18.3. The van der Waals surface area contributed by atoms with Gasteiger partial charge in [-0.25, -0.2) is 0 Å². The van der Waals surface area contributed by atoms with Gasteiger partial charge in [0.1, 0.15) is 0 Å². The summed E-state index contributed by atoms with van der Waals surface area (Å²) in [5, 5.41) is 13.7. The number of nitrogens with one attached hydrogen (secondary N) is 2. The highest BCUT2D eigenvalue weighted by Gasteiger charge is 2.33. The van der Waals surface area contributed by atoms with E-state index in [2.05, 4.69) is 10.6 Å². The van der Waals surface area contributed by atoms with Gasteiger partial charge >= 0.3 is 18.0 Å². The first-order valence-corrected chi connectivity index (χ1v) is 7.63. The normalized spacial score (nSPS) is 15.7. The number of rotatable bonds is 5. The van der Waals surface area contributed by atoms with E-state index in [1.165, 1.54) is 13.0 Å². The second-order valence-corrected chi connectivity index (χ2v) is 5.91. The van der Waals surface area contributed by atoms with Crippen LogP contribution in [0.15, 0.2) is 18.2 Å². The molecule has 5 nitrogen and oxygen atoms in total. The number of hydrogen-bond acceptors (Lipinski definition) is 3. The third-order valence-electron chi connectivity index (χ3n) is 3.97. The Labute approximate surface area is 137 Å². The van der Waals surface area contributed by atoms with Crippen molar-refractivity contribution >= 4 is 17.5 Å². The molecule has 0 bridgehead atoms. The van der Waals surface area contributed by atoms with Crippen LogP contribution < -0.4 is 10.6 Å². The average Bonchev–Trinajstić information content (AvgIpc) is 3.32. The first-order valence-electron chi connectivity index (χ1n) is 7.63. The van der Waals surface area contributed by atoms with Crippen LogP contribution in [0.2, 0.25) is 0 Å². The quantitative estimate of drug-likeness (QED) is 0.717. The van der Waals surface area contributed by atoms with Gasteiger partial charge in [-0.2, -0.15) is 13.2 Å². The number of carbonyl (C=O) groups is 2. The predicted octanol–water partition coefficient (Wildman–Crippen LogP) is 2.23. The van der Waals surface area contributed by atoms with Crippen LogP contribution in [0.1, 0.15) is 30.4 Å². The summed E-state index contributed by atoms with van der Waals surface area (Å²) in [6, 6.07) is 2.65. The van der Waals surface area contributed by atoms with E-state index < -0.39 is 23.6 Å². The van der Waals surface area contributed by atoms with E-state index in [9.17, 15) is 22.8 Å². The number of benzene rings is 1. The molecule has 0 spiro atoms. The van der Waals surface area contributed by atoms with E-state index in [0.29, 0.717) is 12.0 Å². The summed E-state index contributed by atoms with van der Waals surface area (Å²) >= 11 is 0. The van der Waals surface area contributed by atoms with Gasteiger partial charge in [0.05, 0.1) is 5.56 Å². The molecule has 0 aliphatic heterocycles. The predicted molar refractivity (Wildman–Crippen MR) is 81.2 cm³/mol. The summed E-state index contributed by atoms with van der Waals surface area (Å²) in [5.41, 5.74) is -0.548. The number of carbonyl (C=O) groups excluding carboxylic acids is 2. The van der Waals surface area contributed by atoms with Gasteiger partial charge in [0.15, 0.2) is 0 Å². The highest BCUT2D eigenvalue weighted by Crippen LogP contribution is 2.34. The summed E-state index contributed by atoms with van der Waals surface area (Å²) < 4.78 is 38.2. The van der Waals surface area contributed by atoms with E-state index in [1.807, 2.05) is 0 Å². The van der Waals surface area contributed by atoms with Crippen LogP contribution in [0.25, 0.3) is 0 Å². The van der Waals surface area contributed by atoms with Crippen LogP contribution >= 0.6 is 0 Å². The van der Waals surface area contributed by atoms with Gasteiger partial charge in [-0.1, -0.05) is 6.07 Å². The van der Waals surface area contributed by atoms with Crippen molar-refractivity contribution in [1.29, 1.82) is 0 Å². The van der Waals surface area contributed by atoms with Crippen LogP contribution in [0.4, 0.5) is 18.9 Å². The molecule has 0 saturated heterocycles. The lowest BCUT2D eigenvalue weighted by atomic mass is 10.1. The van der Waals surface area contributed by atoms with Crippen molar-refractivity contribution in [2.45, 2.75) is 38.4 Å². The molecule has 24 heavy (non-hydrogen) atoms. The minimum Gasteiger partial charge on any atom is -0.396 e. The van der Waals surface area contributed by atoms with Gasteiger partial charge in [-0.15, -0.1) is 0 Å². The maximum absolute atomic E-state index is 12.7. The second-order valence-electron chi connectivity index (χ2n) is 5.91. The molecule has 1 unspecified atom stereocenters. The van der Waals surface area contributed by atoms with Crippen molar-refractivity contribution in [2.75, 3.05) is 11.9 Å². The summed E-state index contributed by atoms with van der Waals surface area (Å²) in [7, 11) is 0. The van der Waals surface area contributed by atoms with Crippen LogP contribution in [-0.2, 0) is 15.8 Å². The molecule has 8 heteroatoms. The van der Waals surface area contributed by atoms with E-state index in [1.54, 1.807) is 0 Å². The molecule has 132 valence electrons. The Balaban J connectivity index is 2.04. The van der Waals surface area contributed by atoms with Gasteiger partial charge in [-0.05, 0) is 49.8 Å². The molecule has 2 amide bonds. The first-order chi connectivity index (χ1) is 11.2.